The third kappa shape index (κ3) is 10.1. The third-order valence-electron chi connectivity index (χ3n) is 5.80. The molecule has 4 aromatic rings. The van der Waals surface area contributed by atoms with Crippen molar-refractivity contribution < 1.29 is 49.7 Å². The molecule has 0 aromatic heterocycles. The fourth-order valence-electron chi connectivity index (χ4n) is 4.20. The van der Waals surface area contributed by atoms with Crippen molar-refractivity contribution in [3.05, 3.63) is 104 Å². The molecule has 0 amide bonds. The fraction of sp³-hybridized carbons (Fsp3) is 0.278. The van der Waals surface area contributed by atoms with E-state index in [1.807, 2.05) is 114 Å². The first-order valence-electron chi connectivity index (χ1n) is 14.1. The van der Waals surface area contributed by atoms with Crippen molar-refractivity contribution in [3.63, 3.8) is 0 Å². The molecule has 0 unspecified atom stereocenters. The van der Waals surface area contributed by atoms with E-state index in [1.165, 1.54) is 7.14 Å². The first-order valence-corrected chi connectivity index (χ1v) is 16.3. The average molecular weight is 694 g/mol. The Kier molecular flexibility index (Phi) is 10.5. The van der Waals surface area contributed by atoms with Crippen molar-refractivity contribution in [1.82, 2.24) is 0 Å². The summed E-state index contributed by atoms with van der Waals surface area (Å²) in [5, 5.41) is 0. The van der Waals surface area contributed by atoms with E-state index in [1.54, 1.807) is 0 Å². The van der Waals surface area contributed by atoms with Crippen LogP contribution in [0.3, 0.4) is 0 Å². The van der Waals surface area contributed by atoms with Gasteiger partial charge < -0.3 is 0 Å². The van der Waals surface area contributed by atoms with Crippen molar-refractivity contribution in [2.24, 2.45) is 0 Å². The Balaban J connectivity index is 1.60. The van der Waals surface area contributed by atoms with Crippen LogP contribution >= 0.6 is 0 Å². The van der Waals surface area contributed by atoms with E-state index in [9.17, 15) is 9.59 Å². The van der Waals surface area contributed by atoms with Gasteiger partial charge in [0.25, 0.3) is 0 Å². The Labute approximate surface area is 264 Å². The molecule has 0 saturated carbocycles. The molecule has 0 aliphatic heterocycles. The van der Waals surface area contributed by atoms with E-state index >= 15 is 0 Å². The van der Waals surface area contributed by atoms with E-state index in [-0.39, 0.29) is 13.2 Å². The van der Waals surface area contributed by atoms with Gasteiger partial charge in [-0.15, -0.1) is 0 Å². The Hall–Kier alpha value is -3.85. The second-order valence-electron chi connectivity index (χ2n) is 11.9. The van der Waals surface area contributed by atoms with Crippen molar-refractivity contribution in [2.75, 3.05) is 13.2 Å². The predicted octanol–water partition coefficient (Wildman–Crippen LogP) is 4.59. The molecule has 0 spiro atoms. The zero-order valence-corrected chi connectivity index (χ0v) is 27.6. The van der Waals surface area contributed by atoms with E-state index in [0.717, 1.165) is 22.3 Å². The van der Waals surface area contributed by atoms with E-state index in [0.29, 0.717) is 11.5 Å². The van der Waals surface area contributed by atoms with Crippen LogP contribution in [0, 0.1) is 7.14 Å². The first-order chi connectivity index (χ1) is 20.4. The quantitative estimate of drug-likeness (QED) is 0.179. The van der Waals surface area contributed by atoms with Crippen LogP contribution in [0.1, 0.15) is 41.5 Å². The van der Waals surface area contributed by atoms with Crippen LogP contribution in [0.5, 0.6) is 11.5 Å². The zero-order valence-electron chi connectivity index (χ0n) is 25.5. The molecule has 7 heteroatoms. The van der Waals surface area contributed by atoms with Crippen LogP contribution in [0.2, 0.25) is 0 Å². The molecule has 0 saturated heterocycles. The average Bonchev–Trinajstić information content (AvgIpc) is 2.95. The topological polar surface area (TPSA) is 71.1 Å². The second kappa shape index (κ2) is 14.1. The van der Waals surface area contributed by atoms with Gasteiger partial charge in [0.15, 0.2) is 0 Å². The van der Waals surface area contributed by atoms with Crippen LogP contribution in [0.25, 0.3) is 22.3 Å². The molecule has 0 aliphatic carbocycles. The summed E-state index contributed by atoms with van der Waals surface area (Å²) < 4.78 is 25.1. The molecule has 4 aromatic carbocycles. The molecule has 0 heterocycles. The van der Waals surface area contributed by atoms with Gasteiger partial charge in [0, 0.05) is 0 Å². The van der Waals surface area contributed by atoms with Gasteiger partial charge in [-0.25, -0.2) is 0 Å². The molecule has 43 heavy (non-hydrogen) atoms. The van der Waals surface area contributed by atoms with Gasteiger partial charge in [0.1, 0.15) is 0 Å². The number of hydrogen-bond acceptors (Lipinski definition) is 6. The summed E-state index contributed by atoms with van der Waals surface area (Å²) in [6.07, 6.45) is 0. The summed E-state index contributed by atoms with van der Waals surface area (Å²) in [4.78, 5) is 24.7. The van der Waals surface area contributed by atoms with Gasteiger partial charge in [0.05, 0.1) is 0 Å². The molecule has 0 aliphatic rings. The standard InChI is InChI=1S/C36H38IO6/c1-35(2,3)42-33(38)23-40-31-19-17-27(21-29(31)25-13-9-7-10-14-25)37-28-18-20-32(41-24-34(39)43-36(4,5)6)30(22-28)26-15-11-8-12-16-26/h7-22H,23-24H2,1-6H3/q-1. The van der Waals surface area contributed by atoms with E-state index in [2.05, 4.69) is 24.3 Å². The normalized spacial score (nSPS) is 11.6. The monoisotopic (exact) mass is 693 g/mol. The molecule has 0 fully saturated rings. The molecule has 4 rings (SSSR count). The summed E-state index contributed by atoms with van der Waals surface area (Å²) >= 11 is -0.592. The van der Waals surface area contributed by atoms with E-state index in [4.69, 9.17) is 18.9 Å². The van der Waals surface area contributed by atoms with Gasteiger partial charge in [-0.05, 0) is 0 Å². The number of carbonyl (C=O) groups is 2. The van der Waals surface area contributed by atoms with Crippen molar-refractivity contribution in [1.29, 1.82) is 0 Å². The van der Waals surface area contributed by atoms with Gasteiger partial charge >= 0.3 is 266 Å². The minimum atomic E-state index is -0.592. The van der Waals surface area contributed by atoms with Crippen molar-refractivity contribution >= 4 is 11.9 Å². The Bertz CT molecular complexity index is 1420. The molecule has 0 N–H and O–H groups in total. The number of ether oxygens (including phenoxy) is 4. The molecule has 0 bridgehead atoms. The SMILES string of the molecule is CC(C)(C)OC(=O)COc1ccc([I-]c2ccc(OCC(=O)OC(C)(C)C)c(-c3ccccc3)c2)cc1-c1ccccc1. The predicted molar refractivity (Wildman–Crippen MR) is 164 cm³/mol. The van der Waals surface area contributed by atoms with Crippen molar-refractivity contribution in [3.8, 4) is 33.8 Å². The van der Waals surface area contributed by atoms with Crippen LogP contribution in [-0.4, -0.2) is 36.4 Å². The number of halogens is 1. The van der Waals surface area contributed by atoms with E-state index < -0.39 is 44.3 Å². The number of benzene rings is 4. The Morgan fingerprint density at radius 3 is 1.28 bits per heavy atom. The summed E-state index contributed by atoms with van der Waals surface area (Å²) in [6.45, 7) is 10.7. The summed E-state index contributed by atoms with van der Waals surface area (Å²) in [6, 6.07) is 32.2. The van der Waals surface area contributed by atoms with Crippen LogP contribution in [0.15, 0.2) is 97.1 Å². The third-order valence-corrected chi connectivity index (χ3v) is 8.39. The van der Waals surface area contributed by atoms with Crippen molar-refractivity contribution in [2.45, 2.75) is 52.7 Å². The van der Waals surface area contributed by atoms with Crippen LogP contribution in [-0.2, 0) is 19.1 Å². The molecular formula is C36H38IO6-. The molecule has 6 nitrogen and oxygen atoms in total. The molecule has 0 radical (unpaired) electrons. The maximum atomic E-state index is 12.3. The number of carbonyl (C=O) groups excluding carboxylic acids is 2. The van der Waals surface area contributed by atoms with Gasteiger partial charge in [0.2, 0.25) is 0 Å². The van der Waals surface area contributed by atoms with Crippen LogP contribution in [0.4, 0.5) is 0 Å². The molecule has 0 atom stereocenters. The number of hydrogen-bond donors (Lipinski definition) is 0. The Morgan fingerprint density at radius 2 is 0.930 bits per heavy atom. The Morgan fingerprint density at radius 1 is 0.558 bits per heavy atom. The fourth-order valence-corrected chi connectivity index (χ4v) is 6.57. The molecular weight excluding hydrogens is 655 g/mol. The van der Waals surface area contributed by atoms with Crippen LogP contribution < -0.4 is 30.7 Å². The second-order valence-corrected chi connectivity index (χ2v) is 14.9. The van der Waals surface area contributed by atoms with Gasteiger partial charge in [-0.2, -0.15) is 0 Å². The minimum absolute atomic E-state index is 0.170. The maximum absolute atomic E-state index is 12.3. The first kappa shape index (κ1) is 32.1. The summed E-state index contributed by atoms with van der Waals surface area (Å²) in [7, 11) is 0. The summed E-state index contributed by atoms with van der Waals surface area (Å²) in [5.74, 6) is 0.428. The number of esters is 2. The summed E-state index contributed by atoms with van der Waals surface area (Å²) in [5.41, 5.74) is 2.69. The molecule has 226 valence electrons. The van der Waals surface area contributed by atoms with Gasteiger partial charge in [-0.1, -0.05) is 0 Å². The number of rotatable bonds is 10. The zero-order chi connectivity index (χ0) is 31.0. The van der Waals surface area contributed by atoms with Gasteiger partial charge in [-0.3, -0.25) is 0 Å².